The van der Waals surface area contributed by atoms with Gasteiger partial charge >= 0.3 is 0 Å². The highest BCUT2D eigenvalue weighted by Gasteiger charge is 2.30. The molecule has 1 aromatic rings. The van der Waals surface area contributed by atoms with E-state index in [4.69, 9.17) is 0 Å². The number of halogens is 2. The van der Waals surface area contributed by atoms with Crippen molar-refractivity contribution in [3.8, 4) is 0 Å². The fourth-order valence-electron chi connectivity index (χ4n) is 2.11. The van der Waals surface area contributed by atoms with E-state index in [1.807, 2.05) is 0 Å². The van der Waals surface area contributed by atoms with Gasteiger partial charge in [-0.3, -0.25) is 0 Å². The van der Waals surface area contributed by atoms with Gasteiger partial charge in [-0.2, -0.15) is 4.31 Å². The molecule has 1 aliphatic heterocycles. The maximum atomic E-state index is 13.1. The molecule has 0 bridgehead atoms. The van der Waals surface area contributed by atoms with Crippen molar-refractivity contribution in [1.82, 2.24) is 4.31 Å². The van der Waals surface area contributed by atoms with E-state index in [-0.39, 0.29) is 18.0 Å². The molecule has 0 N–H and O–H groups in total. The maximum absolute atomic E-state index is 13.1. The van der Waals surface area contributed by atoms with Crippen molar-refractivity contribution in [2.75, 3.05) is 13.1 Å². The van der Waals surface area contributed by atoms with Crippen LogP contribution in [0.2, 0.25) is 0 Å². The molecule has 8 heteroatoms. The van der Waals surface area contributed by atoms with Crippen LogP contribution < -0.4 is 0 Å². The van der Waals surface area contributed by atoms with Gasteiger partial charge in [0.1, 0.15) is 0 Å². The molecule has 0 spiro atoms. The van der Waals surface area contributed by atoms with Gasteiger partial charge < -0.3 is 0 Å². The Morgan fingerprint density at radius 1 is 1.30 bits per heavy atom. The molecule has 1 atom stereocenters. The number of nitrogens with zero attached hydrogens (tertiary/aromatic N) is 2. The van der Waals surface area contributed by atoms with Crippen LogP contribution in [0.25, 0.3) is 0 Å². The molecule has 1 unspecified atom stereocenters. The summed E-state index contributed by atoms with van der Waals surface area (Å²) in [6, 6.07) is 1.99. The molecule has 0 aliphatic carbocycles. The Kier molecular flexibility index (Phi) is 4.27. The smallest absolute Gasteiger partial charge is 0.211 e. The third kappa shape index (κ3) is 2.92. The monoisotopic (exact) mass is 302 g/mol. The minimum Gasteiger partial charge on any atom is -0.211 e. The Morgan fingerprint density at radius 2 is 2.05 bits per heavy atom. The van der Waals surface area contributed by atoms with E-state index in [0.29, 0.717) is 18.9 Å². The van der Waals surface area contributed by atoms with Crippen molar-refractivity contribution in [3.63, 3.8) is 0 Å². The molecule has 5 nitrogen and oxygen atoms in total. The van der Waals surface area contributed by atoms with Crippen molar-refractivity contribution in [2.45, 2.75) is 23.8 Å². The lowest BCUT2D eigenvalue weighted by Crippen LogP contribution is -2.41. The lowest BCUT2D eigenvalue weighted by Gasteiger charge is -2.29. The highest BCUT2D eigenvalue weighted by molar-refractivity contribution is 7.89. The van der Waals surface area contributed by atoms with Crippen LogP contribution in [0.1, 0.15) is 12.8 Å². The molecule has 1 fully saturated rings. The molecule has 0 radical (unpaired) electrons. The van der Waals surface area contributed by atoms with E-state index in [1.54, 1.807) is 0 Å². The van der Waals surface area contributed by atoms with E-state index in [0.717, 1.165) is 16.4 Å². The van der Waals surface area contributed by atoms with Gasteiger partial charge in [0, 0.05) is 13.1 Å². The number of aliphatic imine (C=N–C) groups is 1. The van der Waals surface area contributed by atoms with E-state index in [2.05, 4.69) is 4.99 Å². The van der Waals surface area contributed by atoms with E-state index < -0.39 is 27.7 Å². The topological polar surface area (TPSA) is 66.8 Å². The van der Waals surface area contributed by atoms with Gasteiger partial charge in [-0.1, -0.05) is 0 Å². The average Bonchev–Trinajstić information content (AvgIpc) is 2.42. The van der Waals surface area contributed by atoms with Crippen LogP contribution in [0.4, 0.5) is 8.78 Å². The molecule has 108 valence electrons. The number of isocyanates is 1. The molecule has 0 saturated carbocycles. The van der Waals surface area contributed by atoms with Crippen LogP contribution in [0.5, 0.6) is 0 Å². The Morgan fingerprint density at radius 3 is 2.70 bits per heavy atom. The average molecular weight is 302 g/mol. The summed E-state index contributed by atoms with van der Waals surface area (Å²) in [5, 5.41) is 0. The van der Waals surface area contributed by atoms with Crippen molar-refractivity contribution in [1.29, 1.82) is 0 Å². The first kappa shape index (κ1) is 14.8. The zero-order chi connectivity index (χ0) is 14.8. The Balaban J connectivity index is 2.29. The maximum Gasteiger partial charge on any atom is 0.243 e. The van der Waals surface area contributed by atoms with Crippen molar-refractivity contribution in [3.05, 3.63) is 29.8 Å². The standard InChI is InChI=1S/C12H12F2N2O3S/c13-11-4-3-10(6-12(11)14)20(18,19)16-5-1-2-9(7-16)15-8-17/h3-4,6,9H,1-2,5,7H2. The van der Waals surface area contributed by atoms with Gasteiger partial charge in [0.05, 0.1) is 10.9 Å². The summed E-state index contributed by atoms with van der Waals surface area (Å²) in [5.41, 5.74) is 0. The summed E-state index contributed by atoms with van der Waals surface area (Å²) in [6.07, 6.45) is 2.55. The fourth-order valence-corrected chi connectivity index (χ4v) is 3.63. The normalized spacial score (nSPS) is 20.4. The summed E-state index contributed by atoms with van der Waals surface area (Å²) >= 11 is 0. The van der Waals surface area contributed by atoms with Crippen LogP contribution in [0, 0.1) is 11.6 Å². The van der Waals surface area contributed by atoms with Gasteiger partial charge in [0.2, 0.25) is 16.1 Å². The van der Waals surface area contributed by atoms with E-state index in [9.17, 15) is 22.0 Å². The zero-order valence-electron chi connectivity index (χ0n) is 10.4. The Labute approximate surface area is 115 Å². The molecular formula is C12H12F2N2O3S. The summed E-state index contributed by atoms with van der Waals surface area (Å²) < 4.78 is 51.7. The second kappa shape index (κ2) is 5.78. The van der Waals surface area contributed by atoms with E-state index >= 15 is 0 Å². The number of benzene rings is 1. The quantitative estimate of drug-likeness (QED) is 0.627. The van der Waals surface area contributed by atoms with Gasteiger partial charge in [-0.15, -0.1) is 0 Å². The number of hydrogen-bond donors (Lipinski definition) is 0. The molecule has 0 aromatic heterocycles. The van der Waals surface area contributed by atoms with Crippen LogP contribution in [-0.4, -0.2) is 37.9 Å². The third-order valence-electron chi connectivity index (χ3n) is 3.12. The first-order chi connectivity index (χ1) is 9.45. The lowest BCUT2D eigenvalue weighted by molar-refractivity contribution is 0.316. The van der Waals surface area contributed by atoms with Crippen molar-refractivity contribution < 1.29 is 22.0 Å². The summed E-state index contributed by atoms with van der Waals surface area (Å²) in [4.78, 5) is 13.4. The van der Waals surface area contributed by atoms with Crippen molar-refractivity contribution >= 4 is 16.1 Å². The SMILES string of the molecule is O=C=NC1CCCN(S(=O)(=O)c2ccc(F)c(F)c2)C1. The largest absolute Gasteiger partial charge is 0.243 e. The molecule has 1 saturated heterocycles. The zero-order valence-corrected chi connectivity index (χ0v) is 11.2. The number of carbonyl (C=O) groups excluding carboxylic acids is 1. The van der Waals surface area contributed by atoms with Gasteiger partial charge in [-0.05, 0) is 31.0 Å². The van der Waals surface area contributed by atoms with Crippen LogP contribution in [0.15, 0.2) is 28.1 Å². The summed E-state index contributed by atoms with van der Waals surface area (Å²) in [6.45, 7) is 0.294. The highest BCUT2D eigenvalue weighted by atomic mass is 32.2. The number of sulfonamides is 1. The lowest BCUT2D eigenvalue weighted by atomic mass is 10.1. The van der Waals surface area contributed by atoms with Crippen LogP contribution in [0.3, 0.4) is 0 Å². The Bertz CT molecular complexity index is 657. The predicted molar refractivity (Wildman–Crippen MR) is 66.3 cm³/mol. The molecule has 1 heterocycles. The van der Waals surface area contributed by atoms with Crippen LogP contribution in [-0.2, 0) is 14.8 Å². The second-order valence-electron chi connectivity index (χ2n) is 4.46. The van der Waals surface area contributed by atoms with Crippen molar-refractivity contribution in [2.24, 2.45) is 4.99 Å². The highest BCUT2D eigenvalue weighted by Crippen LogP contribution is 2.23. The van der Waals surface area contributed by atoms with Gasteiger partial charge in [0.25, 0.3) is 0 Å². The number of hydrogen-bond acceptors (Lipinski definition) is 4. The second-order valence-corrected chi connectivity index (χ2v) is 6.39. The first-order valence-electron chi connectivity index (χ1n) is 5.97. The van der Waals surface area contributed by atoms with Crippen LogP contribution >= 0.6 is 0 Å². The molecule has 20 heavy (non-hydrogen) atoms. The molecule has 2 rings (SSSR count). The molecule has 0 amide bonds. The molecule has 1 aromatic carbocycles. The Hall–Kier alpha value is -1.63. The summed E-state index contributed by atoms with van der Waals surface area (Å²) in [5.74, 6) is -2.32. The third-order valence-corrected chi connectivity index (χ3v) is 4.98. The number of rotatable bonds is 3. The van der Waals surface area contributed by atoms with Gasteiger partial charge in [-0.25, -0.2) is 27.0 Å². The minimum absolute atomic E-state index is 0.0383. The van der Waals surface area contributed by atoms with Gasteiger partial charge in [0.15, 0.2) is 11.6 Å². The van der Waals surface area contributed by atoms with E-state index in [1.165, 1.54) is 6.08 Å². The molecular weight excluding hydrogens is 290 g/mol. The number of piperidine rings is 1. The predicted octanol–water partition coefficient (Wildman–Crippen LogP) is 1.45. The summed E-state index contributed by atoms with van der Waals surface area (Å²) in [7, 11) is -3.92. The first-order valence-corrected chi connectivity index (χ1v) is 7.41. The minimum atomic E-state index is -3.92. The fraction of sp³-hybridized carbons (Fsp3) is 0.417. The molecule has 1 aliphatic rings.